The summed E-state index contributed by atoms with van der Waals surface area (Å²) >= 11 is 0. The number of ether oxygens (including phenoxy) is 4. The lowest BCUT2D eigenvalue weighted by Gasteiger charge is -2.09. The number of hydrogen-bond donors (Lipinski definition) is 0. The fourth-order valence-corrected chi connectivity index (χ4v) is 2.09. The van der Waals surface area contributed by atoms with Gasteiger partial charge in [-0.15, -0.1) is 0 Å². The third-order valence-electron chi connectivity index (χ3n) is 3.16. The highest BCUT2D eigenvalue weighted by molar-refractivity contribution is 5.71. The van der Waals surface area contributed by atoms with Gasteiger partial charge in [0.1, 0.15) is 6.61 Å². The van der Waals surface area contributed by atoms with E-state index in [1.807, 2.05) is 42.5 Å². The Bertz CT molecular complexity index is 721. The minimum Gasteiger partial charge on any atom is -0.493 e. The van der Waals surface area contributed by atoms with Crippen molar-refractivity contribution in [3.8, 4) is 23.0 Å². The van der Waals surface area contributed by atoms with Crippen LogP contribution in [0.3, 0.4) is 0 Å². The van der Waals surface area contributed by atoms with Crippen LogP contribution in [0.4, 0.5) is 0 Å². The molecule has 0 unspecified atom stereocenters. The Labute approximate surface area is 141 Å². The molecule has 0 aromatic heterocycles. The van der Waals surface area contributed by atoms with Crippen molar-refractivity contribution in [1.82, 2.24) is 0 Å². The summed E-state index contributed by atoms with van der Waals surface area (Å²) in [7, 11) is 3.13. The van der Waals surface area contributed by atoms with Crippen molar-refractivity contribution in [2.75, 3.05) is 20.8 Å². The Morgan fingerprint density at radius 1 is 0.958 bits per heavy atom. The van der Waals surface area contributed by atoms with E-state index in [0.29, 0.717) is 29.6 Å². The minimum atomic E-state index is -0.387. The Hall–Kier alpha value is -2.95. The number of methoxy groups -OCH3 is 2. The third kappa shape index (κ3) is 4.78. The summed E-state index contributed by atoms with van der Waals surface area (Å²) < 4.78 is 21.2. The molecule has 0 saturated carbocycles. The summed E-state index contributed by atoms with van der Waals surface area (Å²) in [5, 5.41) is 0. The van der Waals surface area contributed by atoms with Crippen LogP contribution in [0.5, 0.6) is 23.0 Å². The molecular formula is C19H20O5. The van der Waals surface area contributed by atoms with Gasteiger partial charge in [0.2, 0.25) is 0 Å². The summed E-state index contributed by atoms with van der Waals surface area (Å²) in [4.78, 5) is 11.0. The smallest absolute Gasteiger partial charge is 0.308 e. The van der Waals surface area contributed by atoms with Gasteiger partial charge >= 0.3 is 5.97 Å². The predicted molar refractivity (Wildman–Crippen MR) is 91.8 cm³/mol. The number of esters is 1. The van der Waals surface area contributed by atoms with Crippen LogP contribution in [0.15, 0.2) is 48.5 Å². The van der Waals surface area contributed by atoms with Crippen LogP contribution in [0.25, 0.3) is 6.08 Å². The third-order valence-corrected chi connectivity index (χ3v) is 3.16. The van der Waals surface area contributed by atoms with Gasteiger partial charge < -0.3 is 18.9 Å². The van der Waals surface area contributed by atoms with E-state index in [4.69, 9.17) is 18.9 Å². The molecule has 0 aliphatic carbocycles. The average molecular weight is 328 g/mol. The maximum atomic E-state index is 11.0. The van der Waals surface area contributed by atoms with E-state index in [9.17, 15) is 4.79 Å². The van der Waals surface area contributed by atoms with Gasteiger partial charge in [-0.2, -0.15) is 0 Å². The molecule has 0 spiro atoms. The highest BCUT2D eigenvalue weighted by Crippen LogP contribution is 2.29. The van der Waals surface area contributed by atoms with Crippen molar-refractivity contribution in [2.24, 2.45) is 0 Å². The number of hydrogen-bond acceptors (Lipinski definition) is 5. The summed E-state index contributed by atoms with van der Waals surface area (Å²) in [6.07, 6.45) is 3.78. The second kappa shape index (κ2) is 8.62. The molecule has 0 saturated heterocycles. The first-order valence-electron chi connectivity index (χ1n) is 7.43. The normalized spacial score (nSPS) is 10.5. The first-order valence-corrected chi connectivity index (χ1v) is 7.43. The standard InChI is InChI=1S/C19H20O5/c1-14(20)24-18-11-10-15(13-19(18)22-3)7-6-12-23-17-9-5-4-8-16(17)21-2/h4-11,13H,12H2,1-3H3/b7-6+. The van der Waals surface area contributed by atoms with Crippen LogP contribution >= 0.6 is 0 Å². The number of carbonyl (C=O) groups is 1. The average Bonchev–Trinajstić information content (AvgIpc) is 2.59. The fraction of sp³-hybridized carbons (Fsp3) is 0.211. The highest BCUT2D eigenvalue weighted by atomic mass is 16.6. The summed E-state index contributed by atoms with van der Waals surface area (Å²) in [6.45, 7) is 1.75. The molecule has 5 nitrogen and oxygen atoms in total. The van der Waals surface area contributed by atoms with Crippen molar-refractivity contribution in [3.63, 3.8) is 0 Å². The van der Waals surface area contributed by atoms with Crippen LogP contribution in [-0.2, 0) is 4.79 Å². The second-order valence-electron chi connectivity index (χ2n) is 4.87. The van der Waals surface area contributed by atoms with E-state index < -0.39 is 0 Å². The van der Waals surface area contributed by atoms with E-state index in [2.05, 4.69) is 0 Å². The summed E-state index contributed by atoms with van der Waals surface area (Å²) in [6, 6.07) is 12.8. The topological polar surface area (TPSA) is 54.0 Å². The van der Waals surface area contributed by atoms with E-state index in [1.165, 1.54) is 14.0 Å². The van der Waals surface area contributed by atoms with Crippen molar-refractivity contribution in [3.05, 3.63) is 54.1 Å². The summed E-state index contributed by atoms with van der Waals surface area (Å²) in [5.74, 6) is 1.89. The van der Waals surface area contributed by atoms with Crippen molar-refractivity contribution in [2.45, 2.75) is 6.92 Å². The van der Waals surface area contributed by atoms with Gasteiger partial charge in [0.15, 0.2) is 23.0 Å². The largest absolute Gasteiger partial charge is 0.493 e. The lowest BCUT2D eigenvalue weighted by molar-refractivity contribution is -0.132. The maximum absolute atomic E-state index is 11.0. The molecule has 0 atom stereocenters. The molecule has 0 fully saturated rings. The molecule has 5 heteroatoms. The number of para-hydroxylation sites is 2. The molecule has 0 heterocycles. The molecule has 0 radical (unpaired) electrons. The lowest BCUT2D eigenvalue weighted by atomic mass is 10.2. The lowest BCUT2D eigenvalue weighted by Crippen LogP contribution is -2.03. The van der Waals surface area contributed by atoms with Crippen molar-refractivity contribution >= 4 is 12.0 Å². The van der Waals surface area contributed by atoms with Crippen LogP contribution in [-0.4, -0.2) is 26.8 Å². The van der Waals surface area contributed by atoms with E-state index in [0.717, 1.165) is 5.56 Å². The van der Waals surface area contributed by atoms with Crippen molar-refractivity contribution < 1.29 is 23.7 Å². The number of rotatable bonds is 7. The zero-order chi connectivity index (χ0) is 17.4. The van der Waals surface area contributed by atoms with Crippen LogP contribution in [0.2, 0.25) is 0 Å². The molecular weight excluding hydrogens is 308 g/mol. The maximum Gasteiger partial charge on any atom is 0.308 e. The fourth-order valence-electron chi connectivity index (χ4n) is 2.09. The Morgan fingerprint density at radius 2 is 1.67 bits per heavy atom. The van der Waals surface area contributed by atoms with Crippen LogP contribution < -0.4 is 18.9 Å². The van der Waals surface area contributed by atoms with E-state index >= 15 is 0 Å². The SMILES string of the molecule is COc1ccccc1OC/C=C/c1ccc(OC(C)=O)c(OC)c1. The van der Waals surface area contributed by atoms with Crippen molar-refractivity contribution in [1.29, 1.82) is 0 Å². The number of benzene rings is 2. The van der Waals surface area contributed by atoms with E-state index in [1.54, 1.807) is 19.2 Å². The molecule has 0 N–H and O–H groups in total. The molecule has 0 aliphatic rings. The van der Waals surface area contributed by atoms with Gasteiger partial charge in [-0.3, -0.25) is 4.79 Å². The highest BCUT2D eigenvalue weighted by Gasteiger charge is 2.07. The molecule has 0 aliphatic heterocycles. The molecule has 126 valence electrons. The summed E-state index contributed by atoms with van der Waals surface area (Å²) in [5.41, 5.74) is 0.909. The molecule has 0 bridgehead atoms. The van der Waals surface area contributed by atoms with Gasteiger partial charge in [0, 0.05) is 6.92 Å². The zero-order valence-corrected chi connectivity index (χ0v) is 13.9. The predicted octanol–water partition coefficient (Wildman–Crippen LogP) is 3.72. The molecule has 0 amide bonds. The first-order chi connectivity index (χ1) is 11.6. The monoisotopic (exact) mass is 328 g/mol. The molecule has 2 aromatic carbocycles. The van der Waals surface area contributed by atoms with Crippen LogP contribution in [0, 0.1) is 0 Å². The van der Waals surface area contributed by atoms with Gasteiger partial charge in [0.25, 0.3) is 0 Å². The van der Waals surface area contributed by atoms with Gasteiger partial charge in [-0.25, -0.2) is 0 Å². The zero-order valence-electron chi connectivity index (χ0n) is 13.9. The Balaban J connectivity index is 2.00. The molecule has 2 rings (SSSR count). The Kier molecular flexibility index (Phi) is 6.25. The van der Waals surface area contributed by atoms with Crippen LogP contribution in [0.1, 0.15) is 12.5 Å². The van der Waals surface area contributed by atoms with Gasteiger partial charge in [0.05, 0.1) is 14.2 Å². The number of carbonyl (C=O) groups excluding carboxylic acids is 1. The van der Waals surface area contributed by atoms with Gasteiger partial charge in [-0.1, -0.05) is 24.3 Å². The molecule has 24 heavy (non-hydrogen) atoms. The first kappa shape index (κ1) is 17.4. The minimum absolute atomic E-state index is 0.387. The quantitative estimate of drug-likeness (QED) is 0.573. The van der Waals surface area contributed by atoms with E-state index in [-0.39, 0.29) is 5.97 Å². The second-order valence-corrected chi connectivity index (χ2v) is 4.87. The Morgan fingerprint density at radius 3 is 2.33 bits per heavy atom. The molecule has 2 aromatic rings. The van der Waals surface area contributed by atoms with Gasteiger partial charge in [-0.05, 0) is 35.9 Å².